The lowest BCUT2D eigenvalue weighted by Crippen LogP contribution is -2.49. The molecule has 0 radical (unpaired) electrons. The molecule has 5 heteroatoms. The minimum Gasteiger partial charge on any atom is -0.353 e. The molecule has 0 spiro atoms. The highest BCUT2D eigenvalue weighted by molar-refractivity contribution is 7.99. The van der Waals surface area contributed by atoms with Crippen LogP contribution in [0.15, 0.2) is 0 Å². The van der Waals surface area contributed by atoms with E-state index in [0.717, 1.165) is 31.4 Å². The van der Waals surface area contributed by atoms with Crippen molar-refractivity contribution in [1.82, 2.24) is 10.6 Å². The monoisotopic (exact) mass is 256 g/mol. The van der Waals surface area contributed by atoms with Crippen molar-refractivity contribution in [3.05, 3.63) is 0 Å². The van der Waals surface area contributed by atoms with Crippen LogP contribution >= 0.6 is 11.8 Å². The van der Waals surface area contributed by atoms with Crippen LogP contribution in [0.4, 0.5) is 0 Å². The van der Waals surface area contributed by atoms with Crippen molar-refractivity contribution in [2.75, 3.05) is 18.1 Å². The van der Waals surface area contributed by atoms with Gasteiger partial charge in [-0.05, 0) is 12.8 Å². The molecule has 2 aliphatic rings. The van der Waals surface area contributed by atoms with Crippen molar-refractivity contribution in [1.29, 1.82) is 0 Å². The summed E-state index contributed by atoms with van der Waals surface area (Å²) in [4.78, 5) is 23.7. The predicted octanol–water partition coefficient (Wildman–Crippen LogP) is 0.914. The Kier molecular flexibility index (Phi) is 4.71. The smallest absolute Gasteiger partial charge is 0.243 e. The Labute approximate surface area is 106 Å². The highest BCUT2D eigenvalue weighted by Crippen LogP contribution is 2.23. The molecule has 1 saturated heterocycles. The summed E-state index contributed by atoms with van der Waals surface area (Å²) in [6, 6.07) is -0.336. The molecule has 4 nitrogen and oxygen atoms in total. The van der Waals surface area contributed by atoms with Gasteiger partial charge in [-0.2, -0.15) is 11.8 Å². The van der Waals surface area contributed by atoms with Gasteiger partial charge in [0.1, 0.15) is 6.04 Å². The van der Waals surface area contributed by atoms with Crippen molar-refractivity contribution < 1.29 is 9.59 Å². The van der Waals surface area contributed by atoms with Crippen LogP contribution in [-0.4, -0.2) is 35.9 Å². The van der Waals surface area contributed by atoms with Crippen LogP contribution in [0.25, 0.3) is 0 Å². The fourth-order valence-corrected chi connectivity index (χ4v) is 3.29. The fourth-order valence-electron chi connectivity index (χ4n) is 2.41. The number of carbonyl (C=O) groups excluding carboxylic acids is 2. The van der Waals surface area contributed by atoms with Crippen molar-refractivity contribution in [2.45, 2.75) is 38.1 Å². The first-order valence-corrected chi connectivity index (χ1v) is 7.58. The summed E-state index contributed by atoms with van der Waals surface area (Å²) in [5.41, 5.74) is 0. The second kappa shape index (κ2) is 6.28. The molecule has 1 aliphatic heterocycles. The zero-order chi connectivity index (χ0) is 12.1. The lowest BCUT2D eigenvalue weighted by atomic mass is 9.88. The van der Waals surface area contributed by atoms with E-state index in [4.69, 9.17) is 0 Å². The summed E-state index contributed by atoms with van der Waals surface area (Å²) in [5, 5.41) is 5.73. The summed E-state index contributed by atoms with van der Waals surface area (Å²) < 4.78 is 0. The zero-order valence-corrected chi connectivity index (χ0v) is 10.9. The van der Waals surface area contributed by atoms with E-state index in [1.807, 2.05) is 0 Å². The van der Waals surface area contributed by atoms with Gasteiger partial charge in [0.2, 0.25) is 11.8 Å². The van der Waals surface area contributed by atoms with E-state index in [-0.39, 0.29) is 23.8 Å². The van der Waals surface area contributed by atoms with Crippen LogP contribution in [0, 0.1) is 5.92 Å². The van der Waals surface area contributed by atoms with Crippen molar-refractivity contribution >= 4 is 23.6 Å². The number of amides is 2. The number of hydrogen-bond donors (Lipinski definition) is 2. The Bertz CT molecular complexity index is 290. The minimum absolute atomic E-state index is 0.0286. The van der Waals surface area contributed by atoms with E-state index in [2.05, 4.69) is 10.6 Å². The molecule has 1 heterocycles. The molecule has 1 atom stereocenters. The van der Waals surface area contributed by atoms with Gasteiger partial charge in [0.25, 0.3) is 0 Å². The number of nitrogens with one attached hydrogen (secondary N) is 2. The van der Waals surface area contributed by atoms with E-state index in [9.17, 15) is 9.59 Å². The molecule has 2 N–H and O–H groups in total. The van der Waals surface area contributed by atoms with Crippen molar-refractivity contribution in [3.63, 3.8) is 0 Å². The Hall–Kier alpha value is -0.710. The molecule has 1 unspecified atom stereocenters. The van der Waals surface area contributed by atoms with E-state index >= 15 is 0 Å². The van der Waals surface area contributed by atoms with Gasteiger partial charge in [-0.1, -0.05) is 19.3 Å². The summed E-state index contributed by atoms with van der Waals surface area (Å²) in [6.45, 7) is 0.708. The largest absolute Gasteiger partial charge is 0.353 e. The second-order valence-electron chi connectivity index (χ2n) is 4.76. The average Bonchev–Trinajstić information content (AvgIpc) is 2.56. The first-order valence-electron chi connectivity index (χ1n) is 6.43. The van der Waals surface area contributed by atoms with Crippen LogP contribution in [0.5, 0.6) is 0 Å². The van der Waals surface area contributed by atoms with E-state index in [1.165, 1.54) is 6.42 Å². The van der Waals surface area contributed by atoms with Gasteiger partial charge in [0, 0.05) is 24.0 Å². The maximum atomic E-state index is 12.0. The van der Waals surface area contributed by atoms with E-state index in [0.29, 0.717) is 12.3 Å². The summed E-state index contributed by atoms with van der Waals surface area (Å²) >= 11 is 1.72. The molecule has 0 bridgehead atoms. The van der Waals surface area contributed by atoms with Gasteiger partial charge in [0.15, 0.2) is 0 Å². The highest BCUT2D eigenvalue weighted by atomic mass is 32.2. The number of thioether (sulfide) groups is 1. The van der Waals surface area contributed by atoms with Crippen LogP contribution < -0.4 is 10.6 Å². The van der Waals surface area contributed by atoms with Gasteiger partial charge in [-0.15, -0.1) is 0 Å². The summed E-state index contributed by atoms with van der Waals surface area (Å²) in [7, 11) is 0. The minimum atomic E-state index is -0.336. The predicted molar refractivity (Wildman–Crippen MR) is 68.8 cm³/mol. The molecular formula is C12H20N2O2S. The van der Waals surface area contributed by atoms with Crippen LogP contribution in [0.3, 0.4) is 0 Å². The molecule has 1 saturated carbocycles. The Balaban J connectivity index is 1.85. The van der Waals surface area contributed by atoms with Gasteiger partial charge in [-0.3, -0.25) is 9.59 Å². The molecule has 0 aromatic rings. The normalized spacial score (nSPS) is 27.1. The average molecular weight is 256 g/mol. The topological polar surface area (TPSA) is 58.2 Å². The standard InChI is InChI=1S/C12H20N2O2S/c15-11(9-4-2-1-3-5-9)14-10-8-17-7-6-13-12(10)16/h9-10H,1-8H2,(H,13,16)(H,14,15). The van der Waals surface area contributed by atoms with Gasteiger partial charge < -0.3 is 10.6 Å². The fraction of sp³-hybridized carbons (Fsp3) is 0.833. The molecule has 0 aromatic heterocycles. The third kappa shape index (κ3) is 3.63. The molecular weight excluding hydrogens is 236 g/mol. The van der Waals surface area contributed by atoms with E-state index < -0.39 is 0 Å². The molecule has 96 valence electrons. The zero-order valence-electron chi connectivity index (χ0n) is 10.0. The Morgan fingerprint density at radius 1 is 1.29 bits per heavy atom. The van der Waals surface area contributed by atoms with Gasteiger partial charge in [-0.25, -0.2) is 0 Å². The molecule has 0 aromatic carbocycles. The SMILES string of the molecule is O=C(NC1CSCCNC1=O)C1CCCCC1. The van der Waals surface area contributed by atoms with Gasteiger partial charge >= 0.3 is 0 Å². The molecule has 2 fully saturated rings. The lowest BCUT2D eigenvalue weighted by molar-refractivity contribution is -0.131. The third-order valence-corrected chi connectivity index (χ3v) is 4.50. The third-order valence-electron chi connectivity index (χ3n) is 3.44. The van der Waals surface area contributed by atoms with Crippen LogP contribution in [-0.2, 0) is 9.59 Å². The molecule has 17 heavy (non-hydrogen) atoms. The Morgan fingerprint density at radius 2 is 2.06 bits per heavy atom. The van der Waals surface area contributed by atoms with E-state index in [1.54, 1.807) is 11.8 Å². The molecule has 2 rings (SSSR count). The molecule has 1 aliphatic carbocycles. The second-order valence-corrected chi connectivity index (χ2v) is 5.91. The maximum Gasteiger partial charge on any atom is 0.243 e. The van der Waals surface area contributed by atoms with Gasteiger partial charge in [0.05, 0.1) is 0 Å². The number of rotatable bonds is 2. The summed E-state index contributed by atoms with van der Waals surface area (Å²) in [5.74, 6) is 1.81. The highest BCUT2D eigenvalue weighted by Gasteiger charge is 2.27. The maximum absolute atomic E-state index is 12.0. The quantitative estimate of drug-likeness (QED) is 0.772. The first-order chi connectivity index (χ1) is 8.27. The van der Waals surface area contributed by atoms with Crippen LogP contribution in [0.2, 0.25) is 0 Å². The number of hydrogen-bond acceptors (Lipinski definition) is 3. The number of carbonyl (C=O) groups is 2. The lowest BCUT2D eigenvalue weighted by Gasteiger charge is -2.23. The Morgan fingerprint density at radius 3 is 2.82 bits per heavy atom. The van der Waals surface area contributed by atoms with Crippen molar-refractivity contribution in [2.24, 2.45) is 5.92 Å². The van der Waals surface area contributed by atoms with Crippen molar-refractivity contribution in [3.8, 4) is 0 Å². The van der Waals surface area contributed by atoms with Crippen LogP contribution in [0.1, 0.15) is 32.1 Å². The summed E-state index contributed by atoms with van der Waals surface area (Å²) in [6.07, 6.45) is 5.48. The first kappa shape index (κ1) is 12.7. The molecule has 2 amide bonds.